The van der Waals surface area contributed by atoms with Gasteiger partial charge in [-0.3, -0.25) is 0 Å². The Labute approximate surface area is 167 Å². The van der Waals surface area contributed by atoms with E-state index in [9.17, 15) is 13.2 Å². The topological polar surface area (TPSA) is 9.23 Å². The molecule has 7 unspecified atom stereocenters. The summed E-state index contributed by atoms with van der Waals surface area (Å²) in [6.07, 6.45) is 5.42. The van der Waals surface area contributed by atoms with Crippen LogP contribution in [-0.2, 0) is 4.74 Å². The number of hydrogen-bond donors (Lipinski definition) is 0. The Morgan fingerprint density at radius 3 is 2.43 bits per heavy atom. The van der Waals surface area contributed by atoms with Gasteiger partial charge in [0, 0.05) is 7.11 Å². The summed E-state index contributed by atoms with van der Waals surface area (Å²) in [5.74, 6) is -0.636. The molecule has 0 radical (unpaired) electrons. The zero-order valence-electron chi connectivity index (χ0n) is 18.0. The monoisotopic (exact) mass is 396 g/mol. The highest BCUT2D eigenvalue weighted by Gasteiger charge is 2.60. The van der Waals surface area contributed by atoms with E-state index >= 15 is 0 Å². The number of fused-ring (bicyclic) bond motifs is 5. The van der Waals surface area contributed by atoms with Crippen LogP contribution in [0.15, 0.2) is 22.8 Å². The Bertz CT molecular complexity index is 705. The quantitative estimate of drug-likeness (QED) is 0.484. The molecule has 4 aliphatic carbocycles. The lowest BCUT2D eigenvalue weighted by Gasteiger charge is -2.56. The first-order valence-electron chi connectivity index (χ1n) is 11.0. The standard InChI is InChI=1S/C24H35F3O/c1-14-12-16-13-17(28-5)8-10-22(16,3)20-9-11-23(4)18(15(2)24(25,26)27)6-7-19(23)21(14)20/h12,15,17-20H,6-11,13H2,1-5H3. The van der Waals surface area contributed by atoms with Gasteiger partial charge in [0.05, 0.1) is 12.0 Å². The number of allylic oxidation sites excluding steroid dienone is 3. The number of alkyl halides is 3. The molecular weight excluding hydrogens is 361 g/mol. The molecule has 0 N–H and O–H groups in total. The average Bonchev–Trinajstić information content (AvgIpc) is 2.97. The summed E-state index contributed by atoms with van der Waals surface area (Å²) in [5.41, 5.74) is 4.31. The van der Waals surface area contributed by atoms with Crippen LogP contribution in [-0.4, -0.2) is 19.4 Å². The first-order chi connectivity index (χ1) is 13.0. The molecule has 0 aromatic heterocycles. The van der Waals surface area contributed by atoms with Crippen LogP contribution in [0.5, 0.6) is 0 Å². The first kappa shape index (κ1) is 20.5. The number of hydrogen-bond acceptors (Lipinski definition) is 1. The molecule has 4 heteroatoms. The fourth-order valence-electron chi connectivity index (χ4n) is 7.62. The van der Waals surface area contributed by atoms with Gasteiger partial charge in [-0.1, -0.05) is 43.6 Å². The summed E-state index contributed by atoms with van der Waals surface area (Å²) in [6.45, 7) is 8.20. The highest BCUT2D eigenvalue weighted by Crippen LogP contribution is 2.67. The van der Waals surface area contributed by atoms with Gasteiger partial charge in [0.25, 0.3) is 0 Å². The van der Waals surface area contributed by atoms with Crippen molar-refractivity contribution in [3.63, 3.8) is 0 Å². The molecule has 0 heterocycles. The predicted molar refractivity (Wildman–Crippen MR) is 106 cm³/mol. The van der Waals surface area contributed by atoms with Gasteiger partial charge in [0.1, 0.15) is 0 Å². The third-order valence-corrected chi connectivity index (χ3v) is 9.37. The van der Waals surface area contributed by atoms with Gasteiger partial charge in [-0.25, -0.2) is 0 Å². The fourth-order valence-corrected chi connectivity index (χ4v) is 7.62. The number of halogens is 3. The highest BCUT2D eigenvalue weighted by atomic mass is 19.4. The Balaban J connectivity index is 1.71. The van der Waals surface area contributed by atoms with Gasteiger partial charge in [-0.2, -0.15) is 13.2 Å². The fraction of sp³-hybridized carbons (Fsp3) is 0.833. The molecule has 4 aliphatic rings. The molecule has 3 fully saturated rings. The zero-order chi connectivity index (χ0) is 20.5. The van der Waals surface area contributed by atoms with Crippen LogP contribution in [0.25, 0.3) is 0 Å². The molecule has 0 aliphatic heterocycles. The maximum Gasteiger partial charge on any atom is 0.391 e. The number of methoxy groups -OCH3 is 1. The second kappa shape index (κ2) is 6.62. The summed E-state index contributed by atoms with van der Waals surface area (Å²) in [4.78, 5) is 0. The largest absolute Gasteiger partial charge is 0.391 e. The third-order valence-electron chi connectivity index (χ3n) is 9.37. The number of ether oxygens (including phenoxy) is 1. The van der Waals surface area contributed by atoms with Crippen molar-refractivity contribution in [1.29, 1.82) is 0 Å². The van der Waals surface area contributed by atoms with E-state index in [4.69, 9.17) is 4.74 Å². The van der Waals surface area contributed by atoms with E-state index in [1.165, 1.54) is 23.6 Å². The van der Waals surface area contributed by atoms with E-state index in [-0.39, 0.29) is 16.7 Å². The van der Waals surface area contributed by atoms with E-state index in [1.807, 2.05) is 0 Å². The van der Waals surface area contributed by atoms with Crippen molar-refractivity contribution in [3.05, 3.63) is 22.8 Å². The lowest BCUT2D eigenvalue weighted by Crippen LogP contribution is -2.48. The average molecular weight is 397 g/mol. The third kappa shape index (κ3) is 2.84. The van der Waals surface area contributed by atoms with Gasteiger partial charge in [-0.15, -0.1) is 0 Å². The molecule has 3 saturated carbocycles. The molecule has 0 bridgehead atoms. The van der Waals surface area contributed by atoms with Gasteiger partial charge in [0.15, 0.2) is 0 Å². The Hall–Kier alpha value is -0.770. The summed E-state index contributed by atoms with van der Waals surface area (Å²) >= 11 is 0. The Kier molecular flexibility index (Phi) is 4.85. The van der Waals surface area contributed by atoms with Crippen molar-refractivity contribution in [2.24, 2.45) is 34.5 Å². The highest BCUT2D eigenvalue weighted by molar-refractivity contribution is 5.43. The minimum atomic E-state index is -4.09. The van der Waals surface area contributed by atoms with E-state index in [2.05, 4.69) is 26.8 Å². The second-order valence-corrected chi connectivity index (χ2v) is 10.5. The maximum absolute atomic E-state index is 13.6. The van der Waals surface area contributed by atoms with Crippen LogP contribution in [0.3, 0.4) is 0 Å². The molecule has 28 heavy (non-hydrogen) atoms. The predicted octanol–water partition coefficient (Wildman–Crippen LogP) is 7.09. The molecule has 0 aromatic carbocycles. The van der Waals surface area contributed by atoms with Crippen LogP contribution >= 0.6 is 0 Å². The summed E-state index contributed by atoms with van der Waals surface area (Å²) in [5, 5.41) is 0. The van der Waals surface area contributed by atoms with Crippen molar-refractivity contribution < 1.29 is 17.9 Å². The molecule has 4 rings (SSSR count). The zero-order valence-corrected chi connectivity index (χ0v) is 18.0. The van der Waals surface area contributed by atoms with Gasteiger partial charge < -0.3 is 4.74 Å². The minimum Gasteiger partial charge on any atom is -0.381 e. The van der Waals surface area contributed by atoms with Crippen LogP contribution in [0.1, 0.15) is 72.6 Å². The second-order valence-electron chi connectivity index (χ2n) is 10.5. The van der Waals surface area contributed by atoms with E-state index in [0.29, 0.717) is 24.4 Å². The molecule has 0 spiro atoms. The van der Waals surface area contributed by atoms with Gasteiger partial charge >= 0.3 is 6.18 Å². The molecule has 7 atom stereocenters. The molecule has 1 nitrogen and oxygen atoms in total. The molecule has 158 valence electrons. The van der Waals surface area contributed by atoms with Crippen molar-refractivity contribution in [3.8, 4) is 0 Å². The van der Waals surface area contributed by atoms with Crippen molar-refractivity contribution >= 4 is 0 Å². The lowest BCUT2D eigenvalue weighted by molar-refractivity contribution is -0.194. The van der Waals surface area contributed by atoms with Gasteiger partial charge in [0.2, 0.25) is 0 Å². The summed E-state index contributed by atoms with van der Waals surface area (Å²) in [6, 6.07) is 0. The Morgan fingerprint density at radius 2 is 1.79 bits per heavy atom. The summed E-state index contributed by atoms with van der Waals surface area (Å²) in [7, 11) is 1.80. The van der Waals surface area contributed by atoms with Crippen molar-refractivity contribution in [2.75, 3.05) is 7.11 Å². The Morgan fingerprint density at radius 1 is 1.07 bits per heavy atom. The lowest BCUT2D eigenvalue weighted by atomic mass is 9.49. The smallest absolute Gasteiger partial charge is 0.381 e. The first-order valence-corrected chi connectivity index (χ1v) is 11.0. The summed E-state index contributed by atoms with van der Waals surface area (Å²) < 4.78 is 46.3. The maximum atomic E-state index is 13.6. The molecule has 0 saturated heterocycles. The molecule has 0 amide bonds. The number of rotatable bonds is 2. The van der Waals surface area contributed by atoms with Gasteiger partial charge in [-0.05, 0) is 80.5 Å². The van der Waals surface area contributed by atoms with Crippen molar-refractivity contribution in [1.82, 2.24) is 0 Å². The molecule has 0 aromatic rings. The van der Waals surface area contributed by atoms with E-state index in [1.54, 1.807) is 7.11 Å². The van der Waals surface area contributed by atoms with Crippen molar-refractivity contribution in [2.45, 2.75) is 84.9 Å². The van der Waals surface area contributed by atoms with Crippen LogP contribution in [0.2, 0.25) is 0 Å². The SMILES string of the molecule is COC1CCC2(C)C(=CC(C)=C3C2CCC2(C)C3CCC2C(C)C(F)(F)F)C1. The van der Waals surface area contributed by atoms with E-state index in [0.717, 1.165) is 38.5 Å². The van der Waals surface area contributed by atoms with Crippen LogP contribution in [0, 0.1) is 34.5 Å². The minimum absolute atomic E-state index is 0.166. The molecular formula is C24H35F3O. The van der Waals surface area contributed by atoms with Crippen LogP contribution in [0.4, 0.5) is 13.2 Å². The van der Waals surface area contributed by atoms with Crippen LogP contribution < -0.4 is 0 Å². The van der Waals surface area contributed by atoms with E-state index < -0.39 is 12.1 Å². The normalized spacial score (nSPS) is 44.5.